The maximum Gasteiger partial charge on any atom is 0.0349 e. The molecule has 0 aliphatic rings. The zero-order chi connectivity index (χ0) is 13.5. The van der Waals surface area contributed by atoms with Gasteiger partial charge < -0.3 is 0 Å². The Balaban J connectivity index is 2.14. The predicted octanol–water partition coefficient (Wildman–Crippen LogP) is 6.03. The zero-order valence-corrected chi connectivity index (χ0v) is 12.1. The van der Waals surface area contributed by atoms with Crippen molar-refractivity contribution >= 4 is 32.2 Å². The number of aryl methyl sites for hydroxylation is 1. The molecular weight excluding hydrogens is 260 g/mol. The Bertz CT molecular complexity index is 915. The molecule has 3 aromatic carbocycles. The minimum Gasteiger partial charge on any atom is -0.143 e. The van der Waals surface area contributed by atoms with Crippen molar-refractivity contribution < 1.29 is 0 Å². The average Bonchev–Trinajstić information content (AvgIpc) is 2.91. The molecule has 0 atom stereocenters. The Labute approximate surface area is 122 Å². The average molecular weight is 274 g/mol. The molecule has 0 aliphatic carbocycles. The summed E-state index contributed by atoms with van der Waals surface area (Å²) in [6, 6.07) is 21.7. The molecule has 4 rings (SSSR count). The molecule has 1 heteroatoms. The summed E-state index contributed by atoms with van der Waals surface area (Å²) in [7, 11) is 0. The van der Waals surface area contributed by atoms with Crippen LogP contribution in [0.4, 0.5) is 0 Å². The van der Waals surface area contributed by atoms with Crippen molar-refractivity contribution in [2.24, 2.45) is 0 Å². The second kappa shape index (κ2) is 4.46. The molecular formula is C19H14S. The van der Waals surface area contributed by atoms with Crippen LogP contribution in [0.25, 0.3) is 32.0 Å². The molecule has 0 bridgehead atoms. The standard InChI is InChI=1S/C19H14S/c1-13-10-11-14-6-2-3-7-15(14)19(13)17-12-20-18-9-5-4-8-16(17)18/h2-12H,1H3. The van der Waals surface area contributed by atoms with Gasteiger partial charge in [-0.1, -0.05) is 54.6 Å². The van der Waals surface area contributed by atoms with Gasteiger partial charge in [0.2, 0.25) is 0 Å². The van der Waals surface area contributed by atoms with E-state index in [1.165, 1.54) is 37.5 Å². The summed E-state index contributed by atoms with van der Waals surface area (Å²) in [5, 5.41) is 6.30. The Hall–Kier alpha value is -2.12. The van der Waals surface area contributed by atoms with E-state index in [1.807, 2.05) is 11.3 Å². The number of fused-ring (bicyclic) bond motifs is 2. The van der Waals surface area contributed by atoms with Crippen LogP contribution < -0.4 is 0 Å². The highest BCUT2D eigenvalue weighted by atomic mass is 32.1. The molecule has 4 aromatic rings. The van der Waals surface area contributed by atoms with E-state index in [2.05, 4.69) is 73.0 Å². The molecule has 0 fully saturated rings. The third-order valence-corrected chi connectivity index (χ3v) is 4.85. The monoisotopic (exact) mass is 274 g/mol. The number of rotatable bonds is 1. The third kappa shape index (κ3) is 1.67. The minimum atomic E-state index is 1.31. The summed E-state index contributed by atoms with van der Waals surface area (Å²) in [5.74, 6) is 0. The predicted molar refractivity (Wildman–Crippen MR) is 89.5 cm³/mol. The Morgan fingerprint density at radius 1 is 0.750 bits per heavy atom. The fourth-order valence-corrected chi connectivity index (χ4v) is 3.86. The summed E-state index contributed by atoms with van der Waals surface area (Å²) >= 11 is 1.83. The number of hydrogen-bond donors (Lipinski definition) is 0. The van der Waals surface area contributed by atoms with Gasteiger partial charge in [-0.2, -0.15) is 0 Å². The van der Waals surface area contributed by atoms with E-state index in [9.17, 15) is 0 Å². The lowest BCUT2D eigenvalue weighted by Crippen LogP contribution is -1.85. The maximum atomic E-state index is 2.29. The zero-order valence-electron chi connectivity index (χ0n) is 11.3. The lowest BCUT2D eigenvalue weighted by atomic mass is 9.94. The molecule has 0 N–H and O–H groups in total. The molecule has 0 nitrogen and oxygen atoms in total. The van der Waals surface area contributed by atoms with Crippen molar-refractivity contribution in [3.8, 4) is 11.1 Å². The quantitative estimate of drug-likeness (QED) is 0.397. The lowest BCUT2D eigenvalue weighted by molar-refractivity contribution is 1.50. The SMILES string of the molecule is Cc1ccc2ccccc2c1-c1csc2ccccc12. The van der Waals surface area contributed by atoms with Crippen molar-refractivity contribution in [2.75, 3.05) is 0 Å². The number of benzene rings is 3. The van der Waals surface area contributed by atoms with E-state index in [4.69, 9.17) is 0 Å². The van der Waals surface area contributed by atoms with Crippen LogP contribution >= 0.6 is 11.3 Å². The fourth-order valence-electron chi connectivity index (χ4n) is 2.91. The van der Waals surface area contributed by atoms with Crippen molar-refractivity contribution in [2.45, 2.75) is 6.92 Å². The summed E-state index contributed by atoms with van der Waals surface area (Å²) in [6.07, 6.45) is 0. The molecule has 1 heterocycles. The number of hydrogen-bond acceptors (Lipinski definition) is 1. The van der Waals surface area contributed by atoms with Gasteiger partial charge in [0.05, 0.1) is 0 Å². The van der Waals surface area contributed by atoms with Crippen LogP contribution in [-0.4, -0.2) is 0 Å². The van der Waals surface area contributed by atoms with Crippen LogP contribution in [0.1, 0.15) is 5.56 Å². The van der Waals surface area contributed by atoms with Gasteiger partial charge >= 0.3 is 0 Å². The Morgan fingerprint density at radius 2 is 1.50 bits per heavy atom. The van der Waals surface area contributed by atoms with Crippen molar-refractivity contribution in [1.82, 2.24) is 0 Å². The van der Waals surface area contributed by atoms with E-state index < -0.39 is 0 Å². The van der Waals surface area contributed by atoms with E-state index in [1.54, 1.807) is 0 Å². The smallest absolute Gasteiger partial charge is 0.0349 e. The first kappa shape index (κ1) is 11.7. The molecule has 20 heavy (non-hydrogen) atoms. The largest absolute Gasteiger partial charge is 0.143 e. The molecule has 0 spiro atoms. The van der Waals surface area contributed by atoms with Crippen molar-refractivity contribution in [3.05, 3.63) is 71.6 Å². The van der Waals surface area contributed by atoms with E-state index >= 15 is 0 Å². The van der Waals surface area contributed by atoms with Gasteiger partial charge in [-0.25, -0.2) is 0 Å². The van der Waals surface area contributed by atoms with Crippen LogP contribution in [0.2, 0.25) is 0 Å². The normalized spacial score (nSPS) is 11.2. The Kier molecular flexibility index (Phi) is 2.61. The molecule has 1 aromatic heterocycles. The topological polar surface area (TPSA) is 0 Å². The molecule has 0 saturated heterocycles. The van der Waals surface area contributed by atoms with Gasteiger partial charge in [-0.15, -0.1) is 11.3 Å². The van der Waals surface area contributed by atoms with Crippen LogP contribution in [0.5, 0.6) is 0 Å². The van der Waals surface area contributed by atoms with Gasteiger partial charge in [-0.05, 0) is 40.3 Å². The van der Waals surface area contributed by atoms with Gasteiger partial charge in [-0.3, -0.25) is 0 Å². The van der Waals surface area contributed by atoms with E-state index in [0.29, 0.717) is 0 Å². The highest BCUT2D eigenvalue weighted by Crippen LogP contribution is 2.39. The second-order valence-corrected chi connectivity index (χ2v) is 6.04. The molecule has 0 saturated carbocycles. The third-order valence-electron chi connectivity index (χ3n) is 3.89. The molecule has 0 radical (unpaired) electrons. The summed E-state index contributed by atoms with van der Waals surface area (Å²) < 4.78 is 1.36. The molecule has 96 valence electrons. The molecule has 0 unspecified atom stereocenters. The van der Waals surface area contributed by atoms with Crippen LogP contribution in [0.3, 0.4) is 0 Å². The van der Waals surface area contributed by atoms with Crippen LogP contribution in [0, 0.1) is 6.92 Å². The first-order chi connectivity index (χ1) is 9.84. The number of thiophene rings is 1. The van der Waals surface area contributed by atoms with Gasteiger partial charge in [0.25, 0.3) is 0 Å². The highest BCUT2D eigenvalue weighted by Gasteiger charge is 2.11. The van der Waals surface area contributed by atoms with Crippen molar-refractivity contribution in [1.29, 1.82) is 0 Å². The minimum absolute atomic E-state index is 1.31. The van der Waals surface area contributed by atoms with Crippen LogP contribution in [0.15, 0.2) is 66.0 Å². The van der Waals surface area contributed by atoms with E-state index in [-0.39, 0.29) is 0 Å². The van der Waals surface area contributed by atoms with Gasteiger partial charge in [0, 0.05) is 15.6 Å². The van der Waals surface area contributed by atoms with Gasteiger partial charge in [0.15, 0.2) is 0 Å². The van der Waals surface area contributed by atoms with Gasteiger partial charge in [0.1, 0.15) is 0 Å². The highest BCUT2D eigenvalue weighted by molar-refractivity contribution is 7.17. The molecule has 0 aliphatic heterocycles. The molecule has 0 amide bonds. The lowest BCUT2D eigenvalue weighted by Gasteiger charge is -2.10. The Morgan fingerprint density at radius 3 is 2.40 bits per heavy atom. The van der Waals surface area contributed by atoms with Crippen LogP contribution in [-0.2, 0) is 0 Å². The fraction of sp³-hybridized carbons (Fsp3) is 0.0526. The second-order valence-electron chi connectivity index (χ2n) is 5.12. The maximum absolute atomic E-state index is 2.29. The first-order valence-electron chi connectivity index (χ1n) is 6.79. The first-order valence-corrected chi connectivity index (χ1v) is 7.67. The summed E-state index contributed by atoms with van der Waals surface area (Å²) in [6.45, 7) is 2.20. The summed E-state index contributed by atoms with van der Waals surface area (Å²) in [4.78, 5) is 0. The van der Waals surface area contributed by atoms with E-state index in [0.717, 1.165) is 0 Å². The van der Waals surface area contributed by atoms with Crippen molar-refractivity contribution in [3.63, 3.8) is 0 Å². The summed E-state index contributed by atoms with van der Waals surface area (Å²) in [5.41, 5.74) is 4.08.